The second-order valence-corrected chi connectivity index (χ2v) is 8.92. The molecular weight excluding hydrogens is 352 g/mol. The van der Waals surface area contributed by atoms with Gasteiger partial charge in [-0.1, -0.05) is 0 Å². The van der Waals surface area contributed by atoms with E-state index < -0.39 is 0 Å². The Morgan fingerprint density at radius 2 is 1.96 bits per heavy atom. The zero-order valence-electron chi connectivity index (χ0n) is 16.8. The lowest BCUT2D eigenvalue weighted by atomic mass is 9.73. The van der Waals surface area contributed by atoms with Crippen LogP contribution in [-0.2, 0) is 18.6 Å². The summed E-state index contributed by atoms with van der Waals surface area (Å²) < 4.78 is 2.48. The van der Waals surface area contributed by atoms with Gasteiger partial charge in [0.2, 0.25) is 11.9 Å². The van der Waals surface area contributed by atoms with Crippen LogP contribution >= 0.6 is 0 Å². The van der Waals surface area contributed by atoms with Crippen LogP contribution in [0.2, 0.25) is 0 Å². The first-order chi connectivity index (χ1) is 13.5. The Labute approximate surface area is 166 Å². The maximum absolute atomic E-state index is 4.67. The summed E-state index contributed by atoms with van der Waals surface area (Å²) in [7, 11) is 0. The molecule has 3 aliphatic rings. The molecule has 28 heavy (non-hydrogen) atoms. The average molecular weight is 383 g/mol. The highest BCUT2D eigenvalue weighted by atomic mass is 15.3. The van der Waals surface area contributed by atoms with E-state index in [0.29, 0.717) is 5.95 Å². The molecule has 8 heteroatoms. The number of rotatable bonds is 4. The second-order valence-electron chi connectivity index (χ2n) is 8.92. The number of hydrogen-bond acceptors (Lipinski definition) is 7. The maximum Gasteiger partial charge on any atom is 0.230 e. The molecule has 0 atom stereocenters. The van der Waals surface area contributed by atoms with E-state index in [1.807, 2.05) is 0 Å². The fraction of sp³-hybridized carbons (Fsp3) is 0.650. The van der Waals surface area contributed by atoms with E-state index in [-0.39, 0.29) is 11.1 Å². The Balaban J connectivity index is 1.29. The largest absolute Gasteiger partial charge is 0.349 e. The van der Waals surface area contributed by atoms with Gasteiger partial charge >= 0.3 is 0 Å². The van der Waals surface area contributed by atoms with Crippen LogP contribution in [0.5, 0.6) is 0 Å². The van der Waals surface area contributed by atoms with Crippen molar-refractivity contribution in [1.82, 2.24) is 30.2 Å². The lowest BCUT2D eigenvalue weighted by molar-refractivity contribution is 0.151. The number of nitrogens with zero attached hydrogens (tertiary/aromatic N) is 5. The number of aromatic nitrogens is 4. The third-order valence-electron chi connectivity index (χ3n) is 6.41. The monoisotopic (exact) mass is 382 g/mol. The van der Waals surface area contributed by atoms with Crippen molar-refractivity contribution in [3.8, 4) is 0 Å². The molecule has 0 aromatic carbocycles. The minimum atomic E-state index is 0.0645. The lowest BCUT2D eigenvalue weighted by Gasteiger charge is -2.46. The summed E-state index contributed by atoms with van der Waals surface area (Å²) >= 11 is 0. The van der Waals surface area contributed by atoms with Crippen molar-refractivity contribution in [1.29, 1.82) is 0 Å². The number of piperazine rings is 1. The van der Waals surface area contributed by atoms with Crippen LogP contribution in [0.1, 0.15) is 44.5 Å². The zero-order valence-corrected chi connectivity index (χ0v) is 16.8. The highest BCUT2D eigenvalue weighted by molar-refractivity contribution is 5.38. The molecular formula is C20H30N8. The summed E-state index contributed by atoms with van der Waals surface area (Å²) in [6.45, 7) is 9.95. The van der Waals surface area contributed by atoms with E-state index in [1.165, 1.54) is 30.7 Å². The van der Waals surface area contributed by atoms with Crippen LogP contribution in [0.3, 0.4) is 0 Å². The third-order valence-corrected chi connectivity index (χ3v) is 6.41. The fourth-order valence-electron chi connectivity index (χ4n) is 4.81. The highest BCUT2D eigenvalue weighted by Crippen LogP contribution is 2.43. The normalized spacial score (nSPS) is 22.6. The molecule has 1 saturated carbocycles. The van der Waals surface area contributed by atoms with Crippen molar-refractivity contribution in [2.45, 2.75) is 57.3 Å². The van der Waals surface area contributed by atoms with E-state index in [2.05, 4.69) is 66.3 Å². The Morgan fingerprint density at radius 3 is 2.75 bits per heavy atom. The van der Waals surface area contributed by atoms with Crippen molar-refractivity contribution in [3.63, 3.8) is 0 Å². The van der Waals surface area contributed by atoms with Crippen LogP contribution in [0, 0.1) is 0 Å². The Bertz CT molecular complexity index is 854. The molecule has 0 amide bonds. The van der Waals surface area contributed by atoms with Crippen LogP contribution < -0.4 is 20.9 Å². The first-order valence-electron chi connectivity index (χ1n) is 10.4. The molecule has 2 aromatic rings. The van der Waals surface area contributed by atoms with Gasteiger partial charge in [-0.15, -0.1) is 0 Å². The van der Waals surface area contributed by atoms with Crippen LogP contribution in [0.4, 0.5) is 11.9 Å². The Morgan fingerprint density at radius 1 is 1.11 bits per heavy atom. The van der Waals surface area contributed by atoms with Gasteiger partial charge in [0.15, 0.2) is 0 Å². The van der Waals surface area contributed by atoms with Crippen molar-refractivity contribution < 1.29 is 0 Å². The smallest absolute Gasteiger partial charge is 0.230 e. The molecule has 4 heterocycles. The van der Waals surface area contributed by atoms with Crippen LogP contribution in [0.15, 0.2) is 18.5 Å². The van der Waals surface area contributed by atoms with Crippen molar-refractivity contribution in [2.75, 3.05) is 36.4 Å². The third kappa shape index (κ3) is 3.14. The van der Waals surface area contributed by atoms with Gasteiger partial charge in [0.1, 0.15) is 6.33 Å². The van der Waals surface area contributed by atoms with Gasteiger partial charge < -0.3 is 25.4 Å². The summed E-state index contributed by atoms with van der Waals surface area (Å²) in [5, 5.41) is 10.7. The molecule has 2 aromatic heterocycles. The lowest BCUT2D eigenvalue weighted by Crippen LogP contribution is -2.57. The van der Waals surface area contributed by atoms with Crippen LogP contribution in [0.25, 0.3) is 0 Å². The van der Waals surface area contributed by atoms with E-state index in [1.54, 1.807) is 6.33 Å². The number of hydrogen-bond donors (Lipinski definition) is 3. The second kappa shape index (κ2) is 6.70. The first kappa shape index (κ1) is 17.9. The molecule has 0 radical (unpaired) electrons. The molecule has 0 bridgehead atoms. The first-order valence-corrected chi connectivity index (χ1v) is 10.4. The number of fused-ring (bicyclic) bond motifs is 2. The summed E-state index contributed by atoms with van der Waals surface area (Å²) in [5.41, 5.74) is 3.04. The molecule has 1 aliphatic carbocycles. The molecule has 3 N–H and O–H groups in total. The van der Waals surface area contributed by atoms with Crippen molar-refractivity contribution in [3.05, 3.63) is 29.8 Å². The summed E-state index contributed by atoms with van der Waals surface area (Å²) in [4.78, 5) is 15.6. The summed E-state index contributed by atoms with van der Waals surface area (Å²) in [6, 6.07) is 4.54. The molecule has 150 valence electrons. The SMILES string of the molecule is CC1(C)CN(c2ncnc(NCc3ccc4n3CCNC43CCC3)n2)CCN1. The minimum absolute atomic E-state index is 0.0645. The van der Waals surface area contributed by atoms with E-state index in [9.17, 15) is 0 Å². The topological polar surface area (TPSA) is 82.9 Å². The quantitative estimate of drug-likeness (QED) is 0.738. The maximum atomic E-state index is 4.67. The molecule has 1 spiro atoms. The van der Waals surface area contributed by atoms with Crippen molar-refractivity contribution in [2.24, 2.45) is 0 Å². The summed E-state index contributed by atoms with van der Waals surface area (Å²) in [6.07, 6.45) is 5.44. The molecule has 5 rings (SSSR count). The predicted octanol–water partition coefficient (Wildman–Crippen LogP) is 1.46. The standard InChI is InChI=1S/C20H30N8/c1-19(2)13-27(10-8-24-19)18-23-14-22-17(26-18)21-12-15-4-5-16-20(6-3-7-20)25-9-11-28(15)16/h4-5,14,24-25H,3,6-13H2,1-2H3,(H,21,22,23,26). The fourth-order valence-corrected chi connectivity index (χ4v) is 4.81. The molecule has 2 aliphatic heterocycles. The van der Waals surface area contributed by atoms with Crippen molar-refractivity contribution >= 4 is 11.9 Å². The molecule has 8 nitrogen and oxygen atoms in total. The highest BCUT2D eigenvalue weighted by Gasteiger charge is 2.42. The number of anilines is 2. The number of nitrogens with one attached hydrogen (secondary N) is 3. The Hall–Kier alpha value is -2.19. The van der Waals surface area contributed by atoms with E-state index in [0.717, 1.165) is 45.2 Å². The van der Waals surface area contributed by atoms with Gasteiger partial charge in [-0.05, 0) is 45.2 Å². The van der Waals surface area contributed by atoms with E-state index >= 15 is 0 Å². The zero-order chi connectivity index (χ0) is 19.2. The summed E-state index contributed by atoms with van der Waals surface area (Å²) in [5.74, 6) is 1.39. The Kier molecular flexibility index (Phi) is 4.28. The van der Waals surface area contributed by atoms with Gasteiger partial charge in [0, 0.05) is 49.7 Å². The molecule has 0 unspecified atom stereocenters. The predicted molar refractivity (Wildman–Crippen MR) is 109 cm³/mol. The van der Waals surface area contributed by atoms with Gasteiger partial charge in [0.05, 0.1) is 12.1 Å². The van der Waals surface area contributed by atoms with Gasteiger partial charge in [-0.3, -0.25) is 0 Å². The molecule has 1 saturated heterocycles. The van der Waals surface area contributed by atoms with Gasteiger partial charge in [0.25, 0.3) is 0 Å². The van der Waals surface area contributed by atoms with Crippen LogP contribution in [-0.4, -0.2) is 51.2 Å². The molecule has 2 fully saturated rings. The minimum Gasteiger partial charge on any atom is -0.349 e. The van der Waals surface area contributed by atoms with Gasteiger partial charge in [-0.2, -0.15) is 4.98 Å². The van der Waals surface area contributed by atoms with Gasteiger partial charge in [-0.25, -0.2) is 9.97 Å². The average Bonchev–Trinajstić information content (AvgIpc) is 3.08. The van der Waals surface area contributed by atoms with E-state index in [4.69, 9.17) is 0 Å².